The monoisotopic (exact) mass is 506 g/mol. The number of halogens is 5. The third-order valence-electron chi connectivity index (χ3n) is 6.06. The molecule has 37 heavy (non-hydrogen) atoms. The van der Waals surface area contributed by atoms with Gasteiger partial charge in [-0.25, -0.2) is 22.0 Å². The van der Waals surface area contributed by atoms with Gasteiger partial charge in [0.2, 0.25) is 5.82 Å². The summed E-state index contributed by atoms with van der Waals surface area (Å²) in [4.78, 5) is 13.1. The van der Waals surface area contributed by atoms with Gasteiger partial charge in [0.1, 0.15) is 5.69 Å². The molecule has 2 heterocycles. The number of aromatic nitrogens is 1. The topological polar surface area (TPSA) is 61.4 Å². The number of para-hydroxylation sites is 1. The van der Waals surface area contributed by atoms with Gasteiger partial charge in [0.05, 0.1) is 22.9 Å². The molecule has 184 valence electrons. The molecule has 0 fully saturated rings. The minimum absolute atomic E-state index is 0.0283. The third kappa shape index (κ3) is 3.85. The Morgan fingerprint density at radius 3 is 2.24 bits per heavy atom. The van der Waals surface area contributed by atoms with Gasteiger partial charge in [-0.3, -0.25) is 4.79 Å². The molecular weight excluding hydrogens is 491 g/mol. The molecule has 4 aromatic rings. The van der Waals surface area contributed by atoms with Crippen LogP contribution >= 0.6 is 0 Å². The molecule has 1 aromatic heterocycles. The van der Waals surface area contributed by atoms with Crippen molar-refractivity contribution in [3.63, 3.8) is 0 Å². The number of amides is 1. The Kier molecular flexibility index (Phi) is 5.84. The second-order valence-corrected chi connectivity index (χ2v) is 8.28. The van der Waals surface area contributed by atoms with Gasteiger partial charge in [-0.15, -0.1) is 0 Å². The van der Waals surface area contributed by atoms with Crippen LogP contribution in [0.3, 0.4) is 0 Å². The Balaban J connectivity index is 1.58. The summed E-state index contributed by atoms with van der Waals surface area (Å²) in [5.41, 5.74) is 1.13. The number of hydrogen-bond donors (Lipinski definition) is 0. The number of carbonyl (C=O) groups excluding carboxylic acids is 1. The number of benzene rings is 3. The Hall–Kier alpha value is -4.78. The predicted octanol–water partition coefficient (Wildman–Crippen LogP) is 6.06. The molecule has 0 bridgehead atoms. The van der Waals surface area contributed by atoms with Gasteiger partial charge < -0.3 is 4.57 Å². The lowest BCUT2D eigenvalue weighted by atomic mass is 10.1. The van der Waals surface area contributed by atoms with E-state index in [0.717, 1.165) is 16.5 Å². The van der Waals surface area contributed by atoms with Crippen molar-refractivity contribution in [2.75, 3.05) is 5.01 Å². The van der Waals surface area contributed by atoms with E-state index in [9.17, 15) is 32.0 Å². The zero-order valence-corrected chi connectivity index (χ0v) is 19.1. The average molecular weight is 506 g/mol. The summed E-state index contributed by atoms with van der Waals surface area (Å²) >= 11 is 0. The molecule has 3 aromatic carbocycles. The van der Waals surface area contributed by atoms with Crippen LogP contribution in [0.2, 0.25) is 0 Å². The van der Waals surface area contributed by atoms with Crippen LogP contribution in [-0.2, 0) is 11.3 Å². The molecule has 1 aliphatic heterocycles. The summed E-state index contributed by atoms with van der Waals surface area (Å²) in [6.07, 6.45) is 3.19. The molecule has 0 N–H and O–H groups in total. The number of anilines is 1. The van der Waals surface area contributed by atoms with Crippen molar-refractivity contribution in [2.24, 2.45) is 5.10 Å². The zero-order chi connectivity index (χ0) is 26.4. The van der Waals surface area contributed by atoms with Crippen molar-refractivity contribution in [3.8, 4) is 6.07 Å². The molecule has 5 nitrogen and oxygen atoms in total. The van der Waals surface area contributed by atoms with Crippen LogP contribution in [0, 0.1) is 40.4 Å². The molecule has 1 amide bonds. The Labute approximate surface area is 207 Å². The molecule has 0 aliphatic carbocycles. The number of hydrogen-bond acceptors (Lipinski definition) is 3. The Morgan fingerprint density at radius 1 is 0.919 bits per heavy atom. The fourth-order valence-corrected chi connectivity index (χ4v) is 4.24. The largest absolute Gasteiger partial charge is 0.342 e. The number of rotatable bonds is 4. The number of nitrogens with zero attached hydrogens (tertiary/aromatic N) is 4. The molecule has 0 atom stereocenters. The van der Waals surface area contributed by atoms with Crippen LogP contribution in [0.15, 0.2) is 65.4 Å². The molecule has 10 heteroatoms. The number of hydrazone groups is 1. The van der Waals surface area contributed by atoms with E-state index >= 15 is 0 Å². The summed E-state index contributed by atoms with van der Waals surface area (Å²) in [5.74, 6) is -12.0. The van der Waals surface area contributed by atoms with Gasteiger partial charge in [0.15, 0.2) is 23.3 Å². The van der Waals surface area contributed by atoms with Gasteiger partial charge in [-0.1, -0.05) is 36.4 Å². The van der Waals surface area contributed by atoms with Crippen LogP contribution in [-0.4, -0.2) is 16.2 Å². The van der Waals surface area contributed by atoms with Crippen LogP contribution in [0.4, 0.5) is 27.6 Å². The third-order valence-corrected chi connectivity index (χ3v) is 6.06. The summed E-state index contributed by atoms with van der Waals surface area (Å²) in [5, 5.41) is 14.1. The van der Waals surface area contributed by atoms with E-state index in [1.165, 1.54) is 13.0 Å². The summed E-state index contributed by atoms with van der Waals surface area (Å²) in [6, 6.07) is 16.5. The van der Waals surface area contributed by atoms with Crippen LogP contribution in [0.1, 0.15) is 23.6 Å². The average Bonchev–Trinajstić information content (AvgIpc) is 3.39. The fourth-order valence-electron chi connectivity index (χ4n) is 4.24. The quantitative estimate of drug-likeness (QED) is 0.146. The maximum absolute atomic E-state index is 14.4. The highest BCUT2D eigenvalue weighted by Crippen LogP contribution is 2.34. The van der Waals surface area contributed by atoms with Crippen molar-refractivity contribution < 1.29 is 26.7 Å². The van der Waals surface area contributed by atoms with Crippen LogP contribution < -0.4 is 5.01 Å². The first-order valence-electron chi connectivity index (χ1n) is 10.9. The van der Waals surface area contributed by atoms with Crippen molar-refractivity contribution in [2.45, 2.75) is 13.5 Å². The lowest BCUT2D eigenvalue weighted by Gasteiger charge is -2.15. The Bertz CT molecular complexity index is 1690. The molecule has 0 unspecified atom stereocenters. The molecule has 1 aliphatic rings. The Morgan fingerprint density at radius 2 is 1.54 bits per heavy atom. The van der Waals surface area contributed by atoms with Gasteiger partial charge in [-0.2, -0.15) is 15.4 Å². The summed E-state index contributed by atoms with van der Waals surface area (Å²) in [7, 11) is 0. The maximum atomic E-state index is 14.4. The van der Waals surface area contributed by atoms with Gasteiger partial charge >= 0.3 is 0 Å². The van der Waals surface area contributed by atoms with Crippen molar-refractivity contribution in [3.05, 3.63) is 106 Å². The van der Waals surface area contributed by atoms with E-state index < -0.39 is 40.7 Å². The van der Waals surface area contributed by atoms with Crippen LogP contribution in [0.25, 0.3) is 17.0 Å². The highest BCUT2D eigenvalue weighted by molar-refractivity contribution is 6.32. The first kappa shape index (κ1) is 23.9. The normalized spacial score (nSPS) is 14.5. The minimum atomic E-state index is -2.33. The van der Waals surface area contributed by atoms with Crippen LogP contribution in [0.5, 0.6) is 0 Å². The lowest BCUT2D eigenvalue weighted by molar-refractivity contribution is -0.114. The predicted molar refractivity (Wildman–Crippen MR) is 127 cm³/mol. The first-order chi connectivity index (χ1) is 17.7. The second-order valence-electron chi connectivity index (χ2n) is 8.28. The fraction of sp³-hybridized carbons (Fsp3) is 0.0741. The number of nitriles is 1. The molecule has 0 radical (unpaired) electrons. The highest BCUT2D eigenvalue weighted by Gasteiger charge is 2.37. The van der Waals surface area contributed by atoms with E-state index in [2.05, 4.69) is 11.2 Å². The first-order valence-corrected chi connectivity index (χ1v) is 10.9. The van der Waals surface area contributed by atoms with E-state index in [-0.39, 0.29) is 16.3 Å². The summed E-state index contributed by atoms with van der Waals surface area (Å²) in [6.45, 7) is 1.74. The van der Waals surface area contributed by atoms with E-state index in [0.29, 0.717) is 17.7 Å². The molecular formula is C27H15F5N4O. The highest BCUT2D eigenvalue weighted by atomic mass is 19.2. The van der Waals surface area contributed by atoms with E-state index in [1.807, 2.05) is 34.9 Å². The standard InChI is InChI=1S/C27H15F5N4O/c1-14-19(27(37)36(34-14)26-24(31)22(29)21(28)23(30)25(26)32)10-17-13-35(20-9-5-4-8-18(17)20)12-16-7-3-2-6-15(16)11-33/h2-10,13H,12H2,1H3/b19-10+. The van der Waals surface area contributed by atoms with Crippen molar-refractivity contribution >= 4 is 34.3 Å². The molecule has 0 saturated carbocycles. The minimum Gasteiger partial charge on any atom is -0.342 e. The van der Waals surface area contributed by atoms with Gasteiger partial charge in [0.25, 0.3) is 5.91 Å². The van der Waals surface area contributed by atoms with Crippen molar-refractivity contribution in [1.82, 2.24) is 4.57 Å². The molecule has 0 saturated heterocycles. The molecule has 0 spiro atoms. The SMILES string of the molecule is CC1=NN(c2c(F)c(F)c(F)c(F)c2F)C(=O)/C1=C/c1cn(Cc2ccccc2C#N)c2ccccc12. The summed E-state index contributed by atoms with van der Waals surface area (Å²) < 4.78 is 71.6. The maximum Gasteiger partial charge on any atom is 0.280 e. The lowest BCUT2D eigenvalue weighted by Crippen LogP contribution is -2.25. The number of fused-ring (bicyclic) bond motifs is 1. The van der Waals surface area contributed by atoms with Crippen molar-refractivity contribution in [1.29, 1.82) is 5.26 Å². The zero-order valence-electron chi connectivity index (χ0n) is 19.1. The van der Waals surface area contributed by atoms with Gasteiger partial charge in [-0.05, 0) is 30.7 Å². The van der Waals surface area contributed by atoms with Gasteiger partial charge in [0, 0.05) is 29.2 Å². The number of carbonyl (C=O) groups is 1. The smallest absolute Gasteiger partial charge is 0.280 e. The van der Waals surface area contributed by atoms with E-state index in [4.69, 9.17) is 0 Å². The van der Waals surface area contributed by atoms with E-state index in [1.54, 1.807) is 24.4 Å². The second kappa shape index (κ2) is 9.02. The molecule has 5 rings (SSSR count).